The van der Waals surface area contributed by atoms with Crippen LogP contribution in [0.5, 0.6) is 0 Å². The topological polar surface area (TPSA) is 47.0 Å². The molecule has 3 heteroatoms. The van der Waals surface area contributed by atoms with Crippen LogP contribution in [0.2, 0.25) is 0 Å². The van der Waals surface area contributed by atoms with Crippen LogP contribution in [0, 0.1) is 0 Å². The Morgan fingerprint density at radius 3 is 2.35 bits per heavy atom. The SMILES string of the molecule is CC/C=C\C=C/c1ccc(CC2=C(C)C(=O)c3ccccc3C2=O)cn1. The second-order valence-electron chi connectivity index (χ2n) is 6.27. The molecule has 3 nitrogen and oxygen atoms in total. The average Bonchev–Trinajstić information content (AvgIpc) is 2.68. The van der Waals surface area contributed by atoms with Crippen molar-refractivity contribution in [2.45, 2.75) is 26.7 Å². The lowest BCUT2D eigenvalue weighted by Crippen LogP contribution is -2.22. The number of benzene rings is 1. The molecule has 0 saturated heterocycles. The molecule has 1 aliphatic rings. The van der Waals surface area contributed by atoms with Crippen molar-refractivity contribution >= 4 is 17.6 Å². The zero-order chi connectivity index (χ0) is 18.5. The summed E-state index contributed by atoms with van der Waals surface area (Å²) in [6.07, 6.45) is 11.1. The second-order valence-corrected chi connectivity index (χ2v) is 6.27. The van der Waals surface area contributed by atoms with Gasteiger partial charge in [-0.1, -0.05) is 55.5 Å². The third kappa shape index (κ3) is 3.62. The number of carbonyl (C=O) groups is 2. The minimum Gasteiger partial charge on any atom is -0.289 e. The molecular formula is C23H21NO2. The highest BCUT2D eigenvalue weighted by molar-refractivity contribution is 6.26. The molecule has 130 valence electrons. The zero-order valence-electron chi connectivity index (χ0n) is 15.0. The van der Waals surface area contributed by atoms with Gasteiger partial charge < -0.3 is 0 Å². The van der Waals surface area contributed by atoms with E-state index in [2.05, 4.69) is 18.0 Å². The van der Waals surface area contributed by atoms with Crippen molar-refractivity contribution in [3.63, 3.8) is 0 Å². The molecule has 1 aromatic heterocycles. The van der Waals surface area contributed by atoms with Crippen molar-refractivity contribution in [3.05, 3.63) is 94.4 Å². The number of allylic oxidation sites excluding steroid dienone is 5. The maximum Gasteiger partial charge on any atom is 0.190 e. The number of hydrogen-bond donors (Lipinski definition) is 0. The van der Waals surface area contributed by atoms with Gasteiger partial charge in [-0.3, -0.25) is 14.6 Å². The summed E-state index contributed by atoms with van der Waals surface area (Å²) in [6.45, 7) is 3.82. The van der Waals surface area contributed by atoms with Gasteiger partial charge in [-0.15, -0.1) is 0 Å². The van der Waals surface area contributed by atoms with E-state index in [0.29, 0.717) is 28.7 Å². The Balaban J connectivity index is 1.81. The predicted octanol–water partition coefficient (Wildman–Crippen LogP) is 5.00. The van der Waals surface area contributed by atoms with Crippen LogP contribution >= 0.6 is 0 Å². The number of carbonyl (C=O) groups excluding carboxylic acids is 2. The van der Waals surface area contributed by atoms with Gasteiger partial charge in [0.25, 0.3) is 0 Å². The van der Waals surface area contributed by atoms with Gasteiger partial charge in [0.15, 0.2) is 11.6 Å². The van der Waals surface area contributed by atoms with Crippen LogP contribution in [0.15, 0.2) is 72.0 Å². The number of aromatic nitrogens is 1. The highest BCUT2D eigenvalue weighted by Crippen LogP contribution is 2.28. The maximum absolute atomic E-state index is 12.8. The quantitative estimate of drug-likeness (QED) is 0.718. The van der Waals surface area contributed by atoms with Crippen LogP contribution < -0.4 is 0 Å². The summed E-state index contributed by atoms with van der Waals surface area (Å²) >= 11 is 0. The summed E-state index contributed by atoms with van der Waals surface area (Å²) in [5.74, 6) is -0.128. The lowest BCUT2D eigenvalue weighted by Gasteiger charge is -2.19. The fourth-order valence-corrected chi connectivity index (χ4v) is 2.98. The summed E-state index contributed by atoms with van der Waals surface area (Å²) in [7, 11) is 0. The molecule has 0 unspecified atom stereocenters. The third-order valence-corrected chi connectivity index (χ3v) is 4.46. The molecule has 0 N–H and O–H groups in total. The minimum absolute atomic E-state index is 0.0635. The zero-order valence-corrected chi connectivity index (χ0v) is 15.0. The number of hydrogen-bond acceptors (Lipinski definition) is 3. The lowest BCUT2D eigenvalue weighted by atomic mass is 9.82. The minimum atomic E-state index is -0.0644. The van der Waals surface area contributed by atoms with Crippen molar-refractivity contribution in [2.75, 3.05) is 0 Å². The van der Waals surface area contributed by atoms with Gasteiger partial charge in [0.05, 0.1) is 5.69 Å². The first-order valence-corrected chi connectivity index (χ1v) is 8.78. The molecule has 0 amide bonds. The van der Waals surface area contributed by atoms with E-state index in [1.165, 1.54) is 0 Å². The van der Waals surface area contributed by atoms with Gasteiger partial charge >= 0.3 is 0 Å². The number of rotatable bonds is 5. The molecule has 3 rings (SSSR count). The van der Waals surface area contributed by atoms with Gasteiger partial charge in [-0.25, -0.2) is 0 Å². The highest BCUT2D eigenvalue weighted by atomic mass is 16.1. The molecule has 0 spiro atoms. The van der Waals surface area contributed by atoms with Gasteiger partial charge in [-0.2, -0.15) is 0 Å². The Kier molecular flexibility index (Phi) is 5.37. The molecule has 26 heavy (non-hydrogen) atoms. The molecule has 0 radical (unpaired) electrons. The Hall–Kier alpha value is -3.07. The summed E-state index contributed by atoms with van der Waals surface area (Å²) in [4.78, 5) is 29.8. The van der Waals surface area contributed by atoms with Crippen molar-refractivity contribution in [1.82, 2.24) is 4.98 Å². The smallest absolute Gasteiger partial charge is 0.190 e. The fraction of sp³-hybridized carbons (Fsp3) is 0.174. The number of fused-ring (bicyclic) bond motifs is 1. The molecule has 0 bridgehead atoms. The first kappa shape index (κ1) is 17.7. The monoisotopic (exact) mass is 343 g/mol. The maximum atomic E-state index is 12.8. The van der Waals surface area contributed by atoms with Gasteiger partial charge in [0.1, 0.15) is 0 Å². The summed E-state index contributed by atoms with van der Waals surface area (Å²) in [5, 5.41) is 0. The molecule has 1 heterocycles. The average molecular weight is 343 g/mol. The van der Waals surface area contributed by atoms with Crippen molar-refractivity contribution in [2.24, 2.45) is 0 Å². The van der Waals surface area contributed by atoms with E-state index in [9.17, 15) is 9.59 Å². The molecular weight excluding hydrogens is 322 g/mol. The van der Waals surface area contributed by atoms with Crippen LogP contribution in [0.1, 0.15) is 52.2 Å². The lowest BCUT2D eigenvalue weighted by molar-refractivity contribution is 0.0973. The molecule has 0 saturated carbocycles. The van der Waals surface area contributed by atoms with E-state index in [1.54, 1.807) is 37.4 Å². The molecule has 0 fully saturated rings. The molecule has 1 aromatic carbocycles. The Labute approximate surface area is 153 Å². The Morgan fingerprint density at radius 2 is 1.69 bits per heavy atom. The molecule has 0 aliphatic heterocycles. The van der Waals surface area contributed by atoms with Crippen molar-refractivity contribution in [3.8, 4) is 0 Å². The number of ketones is 2. The Morgan fingerprint density at radius 1 is 0.962 bits per heavy atom. The van der Waals surface area contributed by atoms with Crippen LogP contribution in [-0.2, 0) is 6.42 Å². The van der Waals surface area contributed by atoms with E-state index < -0.39 is 0 Å². The summed E-state index contributed by atoms with van der Waals surface area (Å²) in [5.41, 5.74) is 3.86. The number of nitrogens with zero attached hydrogens (tertiary/aromatic N) is 1. The second kappa shape index (κ2) is 7.87. The first-order valence-electron chi connectivity index (χ1n) is 8.78. The van der Waals surface area contributed by atoms with E-state index in [1.807, 2.05) is 30.4 Å². The van der Waals surface area contributed by atoms with Crippen LogP contribution in [-0.4, -0.2) is 16.6 Å². The van der Waals surface area contributed by atoms with Crippen LogP contribution in [0.25, 0.3) is 6.08 Å². The number of Topliss-reactive ketones (excluding diaryl/α,β-unsaturated/α-hetero) is 2. The standard InChI is InChI=1S/C23H21NO2/c1-3-4-5-6-9-18-13-12-17(15-24-18)14-21-16(2)22(25)19-10-7-8-11-20(19)23(21)26/h4-13,15H,3,14H2,1-2H3/b5-4-,9-6-. The van der Waals surface area contributed by atoms with E-state index in [4.69, 9.17) is 0 Å². The van der Waals surface area contributed by atoms with Gasteiger partial charge in [0.2, 0.25) is 0 Å². The van der Waals surface area contributed by atoms with Gasteiger partial charge in [0, 0.05) is 34.9 Å². The summed E-state index contributed by atoms with van der Waals surface area (Å²) in [6, 6.07) is 10.9. The summed E-state index contributed by atoms with van der Waals surface area (Å²) < 4.78 is 0. The number of pyridine rings is 1. The molecule has 1 aliphatic carbocycles. The predicted molar refractivity (Wildman–Crippen MR) is 104 cm³/mol. The van der Waals surface area contributed by atoms with Crippen LogP contribution in [0.4, 0.5) is 0 Å². The Bertz CT molecular complexity index is 931. The van der Waals surface area contributed by atoms with Gasteiger partial charge in [-0.05, 0) is 31.1 Å². The van der Waals surface area contributed by atoms with Crippen molar-refractivity contribution < 1.29 is 9.59 Å². The van der Waals surface area contributed by atoms with E-state index in [0.717, 1.165) is 17.7 Å². The van der Waals surface area contributed by atoms with E-state index in [-0.39, 0.29) is 11.6 Å². The molecule has 0 atom stereocenters. The van der Waals surface area contributed by atoms with E-state index >= 15 is 0 Å². The largest absolute Gasteiger partial charge is 0.289 e. The molecule has 2 aromatic rings. The fourth-order valence-electron chi connectivity index (χ4n) is 2.98. The first-order chi connectivity index (χ1) is 12.6. The highest BCUT2D eigenvalue weighted by Gasteiger charge is 2.29. The van der Waals surface area contributed by atoms with Crippen molar-refractivity contribution in [1.29, 1.82) is 0 Å². The normalized spacial score (nSPS) is 14.5. The van der Waals surface area contributed by atoms with Crippen LogP contribution in [0.3, 0.4) is 0 Å². The third-order valence-electron chi connectivity index (χ3n) is 4.46.